The molecule has 0 atom stereocenters. The summed E-state index contributed by atoms with van der Waals surface area (Å²) in [4.78, 5) is 4.30. The molecule has 0 unspecified atom stereocenters. The van der Waals surface area contributed by atoms with Gasteiger partial charge in [-0.1, -0.05) is 40.9 Å². The minimum Gasteiger partial charge on any atom is -0.330 e. The van der Waals surface area contributed by atoms with Crippen molar-refractivity contribution in [2.24, 2.45) is 0 Å². The molecule has 0 aliphatic rings. The molecule has 0 bridgehead atoms. The second-order valence-corrected chi connectivity index (χ2v) is 6.60. The summed E-state index contributed by atoms with van der Waals surface area (Å²) in [6.45, 7) is 0.765. The summed E-state index contributed by atoms with van der Waals surface area (Å²) in [6, 6.07) is 18.2. The van der Waals surface area contributed by atoms with E-state index in [9.17, 15) is 0 Å². The van der Waals surface area contributed by atoms with Crippen LogP contribution in [0.1, 0.15) is 22.4 Å². The zero-order chi connectivity index (χ0) is 17.8. The monoisotopic (exact) mass is 357 g/mol. The number of rotatable bonds is 5. The third-order valence-corrected chi connectivity index (χ3v) is 4.73. The molecule has 0 N–H and O–H groups in total. The molecule has 0 saturated carbocycles. The van der Waals surface area contributed by atoms with Crippen LogP contribution in [0.15, 0.2) is 66.4 Å². The van der Waals surface area contributed by atoms with E-state index >= 15 is 0 Å². The van der Waals surface area contributed by atoms with E-state index in [1.54, 1.807) is 0 Å². The quantitative estimate of drug-likeness (QED) is 0.543. The van der Waals surface area contributed by atoms with Crippen molar-refractivity contribution in [1.82, 2.24) is 19.1 Å². The van der Waals surface area contributed by atoms with Gasteiger partial charge in [0.05, 0.1) is 18.0 Å². The average molecular weight is 357 g/mol. The summed E-state index contributed by atoms with van der Waals surface area (Å²) in [5.41, 5.74) is 6.17. The normalized spacial score (nSPS) is 10.6. The number of hydrogen-bond acceptors (Lipinski definition) is 5. The number of nitriles is 1. The summed E-state index contributed by atoms with van der Waals surface area (Å²) in [6.07, 6.45) is 4.54. The van der Waals surface area contributed by atoms with Crippen molar-refractivity contribution >= 4 is 11.5 Å². The first-order valence-corrected chi connectivity index (χ1v) is 9.00. The molecule has 5 nitrogen and oxygen atoms in total. The lowest BCUT2D eigenvalue weighted by atomic mass is 10.1. The second-order valence-electron chi connectivity index (χ2n) is 5.99. The standard InChI is InChI=1S/C20H15N5S/c21-10-16-3-1-15(2-4-16)9-19-11-22-14-25(19)12-17-5-7-18(8-6-17)20-13-26-24-23-20/h1-8,11,13-14H,9,12H2. The Morgan fingerprint density at radius 3 is 2.46 bits per heavy atom. The molecular weight excluding hydrogens is 342 g/mol. The molecule has 0 aliphatic heterocycles. The molecule has 2 aromatic carbocycles. The van der Waals surface area contributed by atoms with Crippen molar-refractivity contribution in [3.63, 3.8) is 0 Å². The SMILES string of the molecule is N#Cc1ccc(Cc2cncn2Cc2ccc(-c3csnn3)cc2)cc1. The lowest BCUT2D eigenvalue weighted by molar-refractivity contribution is 0.753. The Morgan fingerprint density at radius 2 is 1.77 bits per heavy atom. The van der Waals surface area contributed by atoms with Crippen LogP contribution < -0.4 is 0 Å². The van der Waals surface area contributed by atoms with Crippen LogP contribution in [0.2, 0.25) is 0 Å². The van der Waals surface area contributed by atoms with Crippen molar-refractivity contribution < 1.29 is 0 Å². The third kappa shape index (κ3) is 3.53. The largest absolute Gasteiger partial charge is 0.330 e. The molecule has 126 valence electrons. The molecule has 0 saturated heterocycles. The van der Waals surface area contributed by atoms with Crippen LogP contribution in [-0.4, -0.2) is 19.1 Å². The highest BCUT2D eigenvalue weighted by Crippen LogP contribution is 2.19. The van der Waals surface area contributed by atoms with Crippen molar-refractivity contribution in [3.05, 3.63) is 88.8 Å². The molecule has 0 amide bonds. The lowest BCUT2D eigenvalue weighted by Crippen LogP contribution is -2.04. The topological polar surface area (TPSA) is 67.4 Å². The van der Waals surface area contributed by atoms with E-state index in [1.165, 1.54) is 17.1 Å². The van der Waals surface area contributed by atoms with Crippen molar-refractivity contribution in [2.45, 2.75) is 13.0 Å². The number of hydrogen-bond donors (Lipinski definition) is 0. The van der Waals surface area contributed by atoms with Gasteiger partial charge in [0.1, 0.15) is 5.69 Å². The number of aromatic nitrogens is 4. The fourth-order valence-electron chi connectivity index (χ4n) is 2.81. The molecule has 6 heteroatoms. The molecule has 0 aliphatic carbocycles. The lowest BCUT2D eigenvalue weighted by Gasteiger charge is -2.09. The third-order valence-electron chi connectivity index (χ3n) is 4.23. The first-order chi connectivity index (χ1) is 12.8. The van der Waals surface area contributed by atoms with Crippen LogP contribution in [0.3, 0.4) is 0 Å². The maximum absolute atomic E-state index is 8.90. The Bertz CT molecular complexity index is 1030. The molecule has 26 heavy (non-hydrogen) atoms. The molecule has 2 heterocycles. The zero-order valence-electron chi connectivity index (χ0n) is 13.9. The van der Waals surface area contributed by atoms with E-state index in [2.05, 4.69) is 49.5 Å². The van der Waals surface area contributed by atoms with E-state index in [0.717, 1.165) is 35.5 Å². The smallest absolute Gasteiger partial charge is 0.105 e. The van der Waals surface area contributed by atoms with E-state index in [4.69, 9.17) is 5.26 Å². The summed E-state index contributed by atoms with van der Waals surface area (Å²) < 4.78 is 6.06. The molecule has 2 aromatic heterocycles. The fraction of sp³-hybridized carbons (Fsp3) is 0.100. The molecule has 4 rings (SSSR count). The molecule has 0 radical (unpaired) electrons. The van der Waals surface area contributed by atoms with Crippen molar-refractivity contribution in [3.8, 4) is 17.3 Å². The Hall–Kier alpha value is -3.30. The van der Waals surface area contributed by atoms with Gasteiger partial charge in [0.2, 0.25) is 0 Å². The summed E-state index contributed by atoms with van der Waals surface area (Å²) >= 11 is 1.36. The summed E-state index contributed by atoms with van der Waals surface area (Å²) in [7, 11) is 0. The number of benzene rings is 2. The van der Waals surface area contributed by atoms with Crippen LogP contribution in [0, 0.1) is 11.3 Å². The molecule has 0 fully saturated rings. The Labute approximate surface area is 155 Å². The van der Waals surface area contributed by atoms with Crippen molar-refractivity contribution in [1.29, 1.82) is 5.26 Å². The number of imidazole rings is 1. The van der Waals surface area contributed by atoms with Gasteiger partial charge in [-0.15, -0.1) is 5.10 Å². The molecular formula is C20H15N5S. The highest BCUT2D eigenvalue weighted by molar-refractivity contribution is 7.03. The minimum atomic E-state index is 0.678. The first kappa shape index (κ1) is 16.2. The van der Waals surface area contributed by atoms with Crippen LogP contribution in [0.4, 0.5) is 0 Å². The Kier molecular flexibility index (Phi) is 4.54. The second kappa shape index (κ2) is 7.30. The maximum atomic E-state index is 8.90. The Balaban J connectivity index is 1.49. The van der Waals surface area contributed by atoms with E-state index in [0.29, 0.717) is 5.56 Å². The van der Waals surface area contributed by atoms with Gasteiger partial charge in [-0.2, -0.15) is 5.26 Å². The average Bonchev–Trinajstić information content (AvgIpc) is 3.36. The van der Waals surface area contributed by atoms with Gasteiger partial charge >= 0.3 is 0 Å². The van der Waals surface area contributed by atoms with E-state index < -0.39 is 0 Å². The van der Waals surface area contributed by atoms with Gasteiger partial charge in [0.25, 0.3) is 0 Å². The van der Waals surface area contributed by atoms with Gasteiger partial charge in [-0.25, -0.2) is 4.98 Å². The maximum Gasteiger partial charge on any atom is 0.105 e. The molecule has 0 spiro atoms. The van der Waals surface area contributed by atoms with E-state index in [-0.39, 0.29) is 0 Å². The van der Waals surface area contributed by atoms with Crippen molar-refractivity contribution in [2.75, 3.05) is 0 Å². The van der Waals surface area contributed by atoms with Crippen LogP contribution in [-0.2, 0) is 13.0 Å². The summed E-state index contributed by atoms with van der Waals surface area (Å²) in [5.74, 6) is 0. The van der Waals surface area contributed by atoms with Gasteiger partial charge in [-0.3, -0.25) is 0 Å². The Morgan fingerprint density at radius 1 is 1.00 bits per heavy atom. The van der Waals surface area contributed by atoms with Gasteiger partial charge in [0.15, 0.2) is 0 Å². The van der Waals surface area contributed by atoms with Crippen LogP contribution in [0.5, 0.6) is 0 Å². The summed E-state index contributed by atoms with van der Waals surface area (Å²) in [5, 5.41) is 14.9. The number of nitrogens with zero attached hydrogens (tertiary/aromatic N) is 5. The zero-order valence-corrected chi connectivity index (χ0v) is 14.7. The van der Waals surface area contributed by atoms with Gasteiger partial charge in [0, 0.05) is 35.8 Å². The predicted molar refractivity (Wildman–Crippen MR) is 101 cm³/mol. The van der Waals surface area contributed by atoms with Crippen LogP contribution in [0.25, 0.3) is 11.3 Å². The van der Waals surface area contributed by atoms with Gasteiger partial charge in [-0.05, 0) is 34.8 Å². The highest BCUT2D eigenvalue weighted by Gasteiger charge is 2.06. The van der Waals surface area contributed by atoms with Gasteiger partial charge < -0.3 is 4.57 Å². The molecule has 4 aromatic rings. The van der Waals surface area contributed by atoms with Crippen LogP contribution >= 0.6 is 11.5 Å². The minimum absolute atomic E-state index is 0.678. The predicted octanol–water partition coefficient (Wildman–Crippen LogP) is 3.91. The fourth-order valence-corrected chi connectivity index (χ4v) is 3.28. The highest BCUT2D eigenvalue weighted by atomic mass is 32.1. The first-order valence-electron chi connectivity index (χ1n) is 8.16. The van der Waals surface area contributed by atoms with E-state index in [1.807, 2.05) is 42.2 Å².